The molecule has 1 fully saturated rings. The van der Waals surface area contributed by atoms with E-state index in [-0.39, 0.29) is 12.1 Å². The van der Waals surface area contributed by atoms with Gasteiger partial charge in [0.2, 0.25) is 0 Å². The zero-order chi connectivity index (χ0) is 23.1. The lowest BCUT2D eigenvalue weighted by Gasteiger charge is -2.29. The van der Waals surface area contributed by atoms with Crippen molar-refractivity contribution in [1.82, 2.24) is 14.9 Å². The van der Waals surface area contributed by atoms with Crippen molar-refractivity contribution in [2.45, 2.75) is 25.9 Å². The predicted molar refractivity (Wildman–Crippen MR) is 142 cm³/mol. The highest BCUT2D eigenvalue weighted by atomic mass is 79.9. The number of pyridine rings is 1. The van der Waals surface area contributed by atoms with Crippen molar-refractivity contribution in [3.8, 4) is 5.69 Å². The van der Waals surface area contributed by atoms with Crippen molar-refractivity contribution in [2.75, 3.05) is 4.90 Å². The molecule has 1 saturated heterocycles. The smallest absolute Gasteiger partial charge is 0.174 e. The van der Waals surface area contributed by atoms with Crippen molar-refractivity contribution < 1.29 is 0 Å². The molecule has 5 rings (SSSR count). The maximum absolute atomic E-state index is 6.31. The topological polar surface area (TPSA) is 33.1 Å². The molecule has 3 heterocycles. The van der Waals surface area contributed by atoms with Crippen molar-refractivity contribution >= 4 is 50.5 Å². The minimum absolute atomic E-state index is 0.0982. The second-order valence-electron chi connectivity index (χ2n) is 8.17. The van der Waals surface area contributed by atoms with Gasteiger partial charge in [-0.25, -0.2) is 0 Å². The Morgan fingerprint density at radius 3 is 2.48 bits per heavy atom. The third kappa shape index (κ3) is 4.07. The molecule has 7 heteroatoms. The fourth-order valence-corrected chi connectivity index (χ4v) is 5.07. The van der Waals surface area contributed by atoms with Gasteiger partial charge in [0.15, 0.2) is 5.11 Å². The molecule has 2 aromatic carbocycles. The first-order valence-electron chi connectivity index (χ1n) is 10.6. The highest BCUT2D eigenvalue weighted by Gasteiger charge is 2.42. The number of hydrogen-bond acceptors (Lipinski definition) is 2. The number of thiocarbonyl (C=S) groups is 1. The Hall–Kier alpha value is -2.67. The van der Waals surface area contributed by atoms with Gasteiger partial charge in [0, 0.05) is 39.0 Å². The number of rotatable bonds is 4. The number of nitrogens with one attached hydrogen (secondary N) is 1. The van der Waals surface area contributed by atoms with E-state index in [4.69, 9.17) is 23.8 Å². The Morgan fingerprint density at radius 2 is 1.76 bits per heavy atom. The van der Waals surface area contributed by atoms with Gasteiger partial charge >= 0.3 is 0 Å². The fourth-order valence-electron chi connectivity index (χ4n) is 4.36. The average Bonchev–Trinajstić information content (AvgIpc) is 3.42. The normalized spacial score (nSPS) is 17.9. The molecule has 0 radical (unpaired) electrons. The van der Waals surface area contributed by atoms with Gasteiger partial charge in [-0.3, -0.25) is 4.98 Å². The fraction of sp³-hybridized carbons (Fsp3) is 0.154. The molecule has 4 aromatic rings. The van der Waals surface area contributed by atoms with Crippen molar-refractivity contribution in [2.24, 2.45) is 0 Å². The number of anilines is 1. The maximum atomic E-state index is 6.31. The molecule has 2 atom stereocenters. The van der Waals surface area contributed by atoms with Crippen molar-refractivity contribution in [3.05, 3.63) is 111 Å². The highest BCUT2D eigenvalue weighted by Crippen LogP contribution is 2.43. The van der Waals surface area contributed by atoms with Gasteiger partial charge in [-0.15, -0.1) is 0 Å². The third-order valence-electron chi connectivity index (χ3n) is 6.02. The molecule has 0 amide bonds. The van der Waals surface area contributed by atoms with Crippen LogP contribution < -0.4 is 10.2 Å². The summed E-state index contributed by atoms with van der Waals surface area (Å²) in [5, 5.41) is 4.98. The first-order valence-corrected chi connectivity index (χ1v) is 12.2. The quantitative estimate of drug-likeness (QED) is 0.282. The van der Waals surface area contributed by atoms with E-state index in [2.05, 4.69) is 85.2 Å². The van der Waals surface area contributed by atoms with Crippen LogP contribution in [0.2, 0.25) is 5.02 Å². The number of aryl methyl sites for hydroxylation is 2. The van der Waals surface area contributed by atoms with E-state index in [0.29, 0.717) is 5.11 Å². The standard InChI is InChI=1S/C26H22BrClN4S/c1-16-14-19(8-10-20(16)27)32-25(24(30-26(32)33)22-6-3-4-12-29-22)23-7-5-13-31(23)18-9-11-21(28)17(2)15-18/h3-15,24-25H,1-2H3,(H,30,33)/t24-,25+/m1/s1. The number of hydrogen-bond donors (Lipinski definition) is 1. The van der Waals surface area contributed by atoms with Gasteiger partial charge in [-0.2, -0.15) is 0 Å². The van der Waals surface area contributed by atoms with Gasteiger partial charge in [0.25, 0.3) is 0 Å². The Balaban J connectivity index is 1.68. The van der Waals surface area contributed by atoms with E-state index in [9.17, 15) is 0 Å². The molecule has 0 unspecified atom stereocenters. The Labute approximate surface area is 212 Å². The molecule has 2 aromatic heterocycles. The van der Waals surface area contributed by atoms with Gasteiger partial charge in [0.05, 0.1) is 11.7 Å². The minimum Gasteiger partial charge on any atom is -0.351 e. The number of aromatic nitrogens is 2. The first-order chi connectivity index (χ1) is 15.9. The summed E-state index contributed by atoms with van der Waals surface area (Å²) in [4.78, 5) is 6.86. The molecule has 1 aliphatic heterocycles. The molecule has 0 saturated carbocycles. The van der Waals surface area contributed by atoms with Crippen LogP contribution in [0.4, 0.5) is 5.69 Å². The number of halogens is 2. The molecular weight excluding hydrogens is 516 g/mol. The predicted octanol–water partition coefficient (Wildman–Crippen LogP) is 7.08. The maximum Gasteiger partial charge on any atom is 0.174 e. The molecular formula is C26H22BrClN4S. The lowest BCUT2D eigenvalue weighted by molar-refractivity contribution is 0.549. The van der Waals surface area contributed by atoms with Gasteiger partial charge in [0.1, 0.15) is 6.04 Å². The lowest BCUT2D eigenvalue weighted by atomic mass is 10.0. The summed E-state index contributed by atoms with van der Waals surface area (Å²) < 4.78 is 3.28. The van der Waals surface area contributed by atoms with E-state index < -0.39 is 0 Å². The van der Waals surface area contributed by atoms with Gasteiger partial charge in [-0.05, 0) is 97.9 Å². The average molecular weight is 538 g/mol. The molecule has 0 aliphatic carbocycles. The summed E-state index contributed by atoms with van der Waals surface area (Å²) in [6, 6.07) is 22.4. The monoisotopic (exact) mass is 536 g/mol. The summed E-state index contributed by atoms with van der Waals surface area (Å²) >= 11 is 15.8. The van der Waals surface area contributed by atoms with Gasteiger partial charge in [-0.1, -0.05) is 33.6 Å². The van der Waals surface area contributed by atoms with Crippen LogP contribution in [0.15, 0.2) is 83.6 Å². The molecule has 0 bridgehead atoms. The van der Waals surface area contributed by atoms with Crippen LogP contribution in [0.3, 0.4) is 0 Å². The molecule has 33 heavy (non-hydrogen) atoms. The van der Waals surface area contributed by atoms with Crippen molar-refractivity contribution in [3.63, 3.8) is 0 Å². The number of benzene rings is 2. The van der Waals surface area contributed by atoms with Crippen LogP contribution in [0.25, 0.3) is 5.69 Å². The molecule has 1 N–H and O–H groups in total. The highest BCUT2D eigenvalue weighted by molar-refractivity contribution is 9.10. The van der Waals surface area contributed by atoms with Gasteiger partial charge < -0.3 is 14.8 Å². The van der Waals surface area contributed by atoms with E-state index in [1.807, 2.05) is 43.5 Å². The summed E-state index contributed by atoms with van der Waals surface area (Å²) in [5.74, 6) is 0. The molecule has 1 aliphatic rings. The van der Waals surface area contributed by atoms with Crippen LogP contribution in [0.5, 0.6) is 0 Å². The van der Waals surface area contributed by atoms with E-state index in [1.165, 1.54) is 0 Å². The summed E-state index contributed by atoms with van der Waals surface area (Å²) in [6.45, 7) is 4.11. The second kappa shape index (κ2) is 8.93. The Morgan fingerprint density at radius 1 is 0.970 bits per heavy atom. The SMILES string of the molecule is Cc1cc(-n2cccc2[C@H]2[C@@H](c3ccccn3)NC(=S)N2c2ccc(Br)c(C)c2)ccc1Cl. The van der Waals surface area contributed by atoms with E-state index in [0.717, 1.165) is 43.4 Å². The Kier molecular flexibility index (Phi) is 5.99. The van der Waals surface area contributed by atoms with Crippen LogP contribution >= 0.6 is 39.7 Å². The lowest BCUT2D eigenvalue weighted by Crippen LogP contribution is -2.30. The number of nitrogens with zero attached hydrogens (tertiary/aromatic N) is 3. The molecule has 4 nitrogen and oxygen atoms in total. The minimum atomic E-state index is -0.107. The summed E-state index contributed by atoms with van der Waals surface area (Å²) in [7, 11) is 0. The largest absolute Gasteiger partial charge is 0.351 e. The molecule has 166 valence electrons. The van der Waals surface area contributed by atoms with E-state index in [1.54, 1.807) is 0 Å². The summed E-state index contributed by atoms with van der Waals surface area (Å²) in [5.41, 5.74) is 6.34. The van der Waals surface area contributed by atoms with Crippen LogP contribution in [-0.2, 0) is 0 Å². The van der Waals surface area contributed by atoms with Crippen LogP contribution in [0, 0.1) is 13.8 Å². The molecule has 0 spiro atoms. The van der Waals surface area contributed by atoms with E-state index >= 15 is 0 Å². The Bertz CT molecular complexity index is 1340. The first kappa shape index (κ1) is 22.1. The van der Waals surface area contributed by atoms with Crippen LogP contribution in [0.1, 0.15) is 34.6 Å². The van der Waals surface area contributed by atoms with Crippen molar-refractivity contribution in [1.29, 1.82) is 0 Å². The third-order valence-corrected chi connectivity index (χ3v) is 7.65. The zero-order valence-electron chi connectivity index (χ0n) is 18.2. The zero-order valence-corrected chi connectivity index (χ0v) is 21.3. The van der Waals surface area contributed by atoms with Crippen LogP contribution in [-0.4, -0.2) is 14.7 Å². The second-order valence-corrected chi connectivity index (χ2v) is 9.81. The summed E-state index contributed by atoms with van der Waals surface area (Å²) in [6.07, 6.45) is 3.91.